The van der Waals surface area contributed by atoms with Gasteiger partial charge in [-0.25, -0.2) is 4.98 Å². The van der Waals surface area contributed by atoms with E-state index in [2.05, 4.69) is 40.7 Å². The number of rotatable bonds is 3. The van der Waals surface area contributed by atoms with Crippen molar-refractivity contribution in [2.45, 2.75) is 13.8 Å². The van der Waals surface area contributed by atoms with Gasteiger partial charge < -0.3 is 9.64 Å². The lowest BCUT2D eigenvalue weighted by Gasteiger charge is -2.27. The topological polar surface area (TPSA) is 70.6 Å². The van der Waals surface area contributed by atoms with Crippen molar-refractivity contribution < 1.29 is 9.53 Å². The van der Waals surface area contributed by atoms with E-state index in [1.165, 1.54) is 0 Å². The highest BCUT2D eigenvalue weighted by Gasteiger charge is 2.20. The zero-order valence-corrected chi connectivity index (χ0v) is 18.7. The first-order valence-corrected chi connectivity index (χ1v) is 11.0. The number of pyridine rings is 1. The average Bonchev–Trinajstić information content (AvgIpc) is 3.26. The molecule has 0 unspecified atom stereocenters. The highest BCUT2D eigenvalue weighted by molar-refractivity contribution is 5.96. The molecule has 164 valence electrons. The van der Waals surface area contributed by atoms with Gasteiger partial charge in [0.15, 0.2) is 0 Å². The van der Waals surface area contributed by atoms with Crippen molar-refractivity contribution in [1.82, 2.24) is 14.3 Å². The summed E-state index contributed by atoms with van der Waals surface area (Å²) in [4.78, 5) is 19.4. The molecule has 6 nitrogen and oxygen atoms in total. The molecule has 1 saturated heterocycles. The Morgan fingerprint density at radius 1 is 1.00 bits per heavy atom. The molecule has 0 N–H and O–H groups in total. The number of carbonyl (C=O) groups is 1. The Hall–Kier alpha value is -3.95. The molecule has 2 aromatic carbocycles. The third-order valence-electron chi connectivity index (χ3n) is 6.23. The Labute approximate surface area is 192 Å². The molecule has 0 bridgehead atoms. The number of nitrogens with zero attached hydrogens (tertiary/aromatic N) is 4. The second-order valence-corrected chi connectivity index (χ2v) is 8.37. The Morgan fingerprint density at radius 3 is 2.42 bits per heavy atom. The molecule has 0 radical (unpaired) electrons. The Morgan fingerprint density at radius 2 is 1.73 bits per heavy atom. The number of benzene rings is 2. The summed E-state index contributed by atoms with van der Waals surface area (Å²) in [6.07, 6.45) is 3.96. The molecular formula is C27H24N4O2. The van der Waals surface area contributed by atoms with Gasteiger partial charge in [-0.1, -0.05) is 24.3 Å². The molecule has 6 heteroatoms. The molecule has 33 heavy (non-hydrogen) atoms. The number of hydrogen-bond acceptors (Lipinski definition) is 4. The van der Waals surface area contributed by atoms with E-state index in [-0.39, 0.29) is 5.91 Å². The van der Waals surface area contributed by atoms with Crippen molar-refractivity contribution in [2.75, 3.05) is 26.3 Å². The van der Waals surface area contributed by atoms with E-state index in [0.717, 1.165) is 44.7 Å². The molecule has 1 aliphatic rings. The molecule has 5 rings (SSSR count). The highest BCUT2D eigenvalue weighted by atomic mass is 16.5. The summed E-state index contributed by atoms with van der Waals surface area (Å²) in [6.45, 7) is 6.52. The Bertz CT molecular complexity index is 1390. The molecule has 1 aliphatic heterocycles. The fraction of sp³-hybridized carbons (Fsp3) is 0.222. The van der Waals surface area contributed by atoms with Gasteiger partial charge in [0.25, 0.3) is 5.91 Å². The fourth-order valence-electron chi connectivity index (χ4n) is 4.36. The largest absolute Gasteiger partial charge is 0.378 e. The Balaban J connectivity index is 1.52. The Kier molecular flexibility index (Phi) is 5.41. The average molecular weight is 437 g/mol. The minimum atomic E-state index is 0.0623. The standard InChI is InChI=1S/C27H24N4O2/c1-18-13-22(7-8-23(18)27(32)30-9-11-33-12-10-30)24-17-31-25(16-29-26(31)14-19(24)2)21-5-3-20(15-28)4-6-21/h3-8,13-14,16-17H,9-12H2,1-2H3. The number of aryl methyl sites for hydroxylation is 2. The summed E-state index contributed by atoms with van der Waals surface area (Å²) in [5.41, 5.74) is 8.42. The highest BCUT2D eigenvalue weighted by Crippen LogP contribution is 2.30. The van der Waals surface area contributed by atoms with Gasteiger partial charge >= 0.3 is 0 Å². The predicted octanol–water partition coefficient (Wildman–Crippen LogP) is 4.63. The lowest BCUT2D eigenvalue weighted by atomic mass is 9.97. The molecule has 0 saturated carbocycles. The minimum absolute atomic E-state index is 0.0623. The predicted molar refractivity (Wildman–Crippen MR) is 127 cm³/mol. The number of ether oxygens (including phenoxy) is 1. The summed E-state index contributed by atoms with van der Waals surface area (Å²) >= 11 is 0. The van der Waals surface area contributed by atoms with E-state index in [0.29, 0.717) is 31.9 Å². The maximum Gasteiger partial charge on any atom is 0.254 e. The van der Waals surface area contributed by atoms with Crippen molar-refractivity contribution in [2.24, 2.45) is 0 Å². The van der Waals surface area contributed by atoms with Gasteiger partial charge in [-0.15, -0.1) is 0 Å². The van der Waals surface area contributed by atoms with Crippen LogP contribution in [0.25, 0.3) is 28.0 Å². The lowest BCUT2D eigenvalue weighted by Crippen LogP contribution is -2.40. The van der Waals surface area contributed by atoms with E-state index < -0.39 is 0 Å². The molecule has 0 atom stereocenters. The van der Waals surface area contributed by atoms with Crippen molar-refractivity contribution in [1.29, 1.82) is 5.26 Å². The van der Waals surface area contributed by atoms with Crippen LogP contribution in [0.15, 0.2) is 60.9 Å². The van der Waals surface area contributed by atoms with Gasteiger partial charge in [0.1, 0.15) is 5.65 Å². The first kappa shape index (κ1) is 20.9. The third-order valence-corrected chi connectivity index (χ3v) is 6.23. The zero-order valence-electron chi connectivity index (χ0n) is 18.7. The number of hydrogen-bond donors (Lipinski definition) is 0. The SMILES string of the molecule is Cc1cc(-c2cn3c(-c4ccc(C#N)cc4)cnc3cc2C)ccc1C(=O)N1CCOCC1. The van der Waals surface area contributed by atoms with Gasteiger partial charge in [-0.2, -0.15) is 5.26 Å². The zero-order chi connectivity index (χ0) is 22.9. The summed E-state index contributed by atoms with van der Waals surface area (Å²) in [6, 6.07) is 17.8. The first-order chi connectivity index (χ1) is 16.0. The van der Waals surface area contributed by atoms with Crippen LogP contribution in [0.4, 0.5) is 0 Å². The lowest BCUT2D eigenvalue weighted by molar-refractivity contribution is 0.0302. The van der Waals surface area contributed by atoms with Crippen LogP contribution in [-0.2, 0) is 4.74 Å². The van der Waals surface area contributed by atoms with Crippen LogP contribution >= 0.6 is 0 Å². The molecular weight excluding hydrogens is 412 g/mol. The summed E-state index contributed by atoms with van der Waals surface area (Å²) in [5, 5.41) is 9.08. The number of aromatic nitrogens is 2. The van der Waals surface area contributed by atoms with Crippen LogP contribution in [0.1, 0.15) is 27.0 Å². The van der Waals surface area contributed by atoms with Gasteiger partial charge in [0, 0.05) is 36.0 Å². The number of imidazole rings is 1. The molecule has 2 aromatic heterocycles. The van der Waals surface area contributed by atoms with Crippen molar-refractivity contribution in [3.05, 3.63) is 83.2 Å². The number of nitriles is 1. The molecule has 3 heterocycles. The van der Waals surface area contributed by atoms with Gasteiger partial charge in [-0.3, -0.25) is 9.20 Å². The summed E-state index contributed by atoms with van der Waals surface area (Å²) in [7, 11) is 0. The smallest absolute Gasteiger partial charge is 0.254 e. The number of morpholine rings is 1. The molecule has 4 aromatic rings. The van der Waals surface area contributed by atoms with E-state index in [1.807, 2.05) is 54.4 Å². The molecule has 0 spiro atoms. The molecule has 1 amide bonds. The second-order valence-electron chi connectivity index (χ2n) is 8.37. The quantitative estimate of drug-likeness (QED) is 0.470. The second kappa shape index (κ2) is 8.53. The number of carbonyl (C=O) groups excluding carboxylic acids is 1. The van der Waals surface area contributed by atoms with E-state index in [1.54, 1.807) is 0 Å². The normalized spacial score (nSPS) is 13.8. The molecule has 0 aliphatic carbocycles. The first-order valence-electron chi connectivity index (χ1n) is 11.0. The maximum absolute atomic E-state index is 13.0. The molecule has 1 fully saturated rings. The monoisotopic (exact) mass is 436 g/mol. The third kappa shape index (κ3) is 3.88. The van der Waals surface area contributed by atoms with Crippen LogP contribution < -0.4 is 0 Å². The van der Waals surface area contributed by atoms with Crippen molar-refractivity contribution >= 4 is 11.6 Å². The van der Waals surface area contributed by atoms with E-state index in [4.69, 9.17) is 10.00 Å². The van der Waals surface area contributed by atoms with Crippen LogP contribution in [0.3, 0.4) is 0 Å². The summed E-state index contributed by atoms with van der Waals surface area (Å²) < 4.78 is 7.45. The number of fused-ring (bicyclic) bond motifs is 1. The van der Waals surface area contributed by atoms with Crippen LogP contribution in [0, 0.1) is 25.2 Å². The number of amides is 1. The van der Waals surface area contributed by atoms with E-state index in [9.17, 15) is 4.79 Å². The van der Waals surface area contributed by atoms with Gasteiger partial charge in [0.2, 0.25) is 0 Å². The fourth-order valence-corrected chi connectivity index (χ4v) is 4.36. The van der Waals surface area contributed by atoms with Crippen LogP contribution in [0.5, 0.6) is 0 Å². The van der Waals surface area contributed by atoms with Gasteiger partial charge in [0.05, 0.1) is 36.7 Å². The van der Waals surface area contributed by atoms with Crippen LogP contribution in [-0.4, -0.2) is 46.5 Å². The minimum Gasteiger partial charge on any atom is -0.378 e. The van der Waals surface area contributed by atoms with Crippen molar-refractivity contribution in [3.8, 4) is 28.5 Å². The van der Waals surface area contributed by atoms with Crippen molar-refractivity contribution in [3.63, 3.8) is 0 Å². The maximum atomic E-state index is 13.0. The summed E-state index contributed by atoms with van der Waals surface area (Å²) in [5.74, 6) is 0.0623. The van der Waals surface area contributed by atoms with E-state index >= 15 is 0 Å². The van der Waals surface area contributed by atoms with Gasteiger partial charge in [-0.05, 0) is 54.8 Å². The van der Waals surface area contributed by atoms with Crippen LogP contribution in [0.2, 0.25) is 0 Å².